The molecule has 1 heterocycles. The first-order valence-electron chi connectivity index (χ1n) is 8.93. The molecule has 0 aliphatic rings. The van der Waals surface area contributed by atoms with Crippen molar-refractivity contribution in [2.45, 2.75) is 33.3 Å². The lowest BCUT2D eigenvalue weighted by Gasteiger charge is -2.12. The molecule has 0 radical (unpaired) electrons. The summed E-state index contributed by atoms with van der Waals surface area (Å²) < 4.78 is 11.0. The van der Waals surface area contributed by atoms with Crippen molar-refractivity contribution in [3.63, 3.8) is 0 Å². The first-order chi connectivity index (χ1) is 13.3. The molecule has 0 unspecified atom stereocenters. The summed E-state index contributed by atoms with van der Waals surface area (Å²) in [5.41, 5.74) is 2.55. The Kier molecular flexibility index (Phi) is 5.87. The lowest BCUT2D eigenvalue weighted by Crippen LogP contribution is -2.16. The number of benzene rings is 2. The van der Waals surface area contributed by atoms with Gasteiger partial charge in [0.2, 0.25) is 0 Å². The number of rotatable bonds is 6. The molecule has 1 N–H and O–H groups in total. The number of ether oxygens (including phenoxy) is 1. The van der Waals surface area contributed by atoms with Crippen LogP contribution in [0.1, 0.15) is 34.0 Å². The Labute approximate surface area is 167 Å². The zero-order valence-corrected chi connectivity index (χ0v) is 16.7. The van der Waals surface area contributed by atoms with Crippen molar-refractivity contribution >= 4 is 28.4 Å². The van der Waals surface area contributed by atoms with Crippen molar-refractivity contribution in [1.29, 1.82) is 0 Å². The largest absolute Gasteiger partial charge is 0.484 e. The van der Waals surface area contributed by atoms with Gasteiger partial charge in [-0.05, 0) is 32.4 Å². The maximum absolute atomic E-state index is 12.3. The quantitative estimate of drug-likeness (QED) is 0.494. The monoisotopic (exact) mass is 400 g/mol. The predicted octanol–water partition coefficient (Wildman–Crippen LogP) is 4.25. The van der Waals surface area contributed by atoms with E-state index in [0.29, 0.717) is 32.7 Å². The molecule has 0 saturated heterocycles. The second kappa shape index (κ2) is 8.17. The second-order valence-electron chi connectivity index (χ2n) is 6.90. The van der Waals surface area contributed by atoms with Crippen LogP contribution >= 0.6 is 11.6 Å². The van der Waals surface area contributed by atoms with Crippen molar-refractivity contribution in [1.82, 2.24) is 0 Å². The number of carbonyl (C=O) groups is 1. The maximum atomic E-state index is 12.3. The molecule has 0 aliphatic carbocycles. The first-order valence-corrected chi connectivity index (χ1v) is 9.30. The fourth-order valence-electron chi connectivity index (χ4n) is 3.00. The number of hydrogen-bond donors (Lipinski definition) is 1. The summed E-state index contributed by atoms with van der Waals surface area (Å²) in [6.45, 7) is 5.16. The number of aliphatic hydroxyl groups excluding tert-OH is 1. The van der Waals surface area contributed by atoms with E-state index in [1.165, 1.54) is 6.07 Å². The normalized spacial score (nSPS) is 12.2. The number of ketones is 1. The minimum Gasteiger partial charge on any atom is -0.484 e. The fourth-order valence-corrected chi connectivity index (χ4v) is 3.22. The molecule has 28 heavy (non-hydrogen) atoms. The van der Waals surface area contributed by atoms with Crippen molar-refractivity contribution < 1.29 is 19.1 Å². The number of fused-ring (bicyclic) bond motifs is 1. The van der Waals surface area contributed by atoms with Crippen LogP contribution in [0, 0.1) is 13.8 Å². The minimum absolute atomic E-state index is 0.180. The van der Waals surface area contributed by atoms with Gasteiger partial charge in [-0.1, -0.05) is 41.4 Å². The Bertz CT molecular complexity index is 1080. The van der Waals surface area contributed by atoms with Crippen LogP contribution in [0.15, 0.2) is 45.6 Å². The molecule has 146 valence electrons. The van der Waals surface area contributed by atoms with Gasteiger partial charge in [0.15, 0.2) is 12.4 Å². The molecule has 5 nitrogen and oxygen atoms in total. The molecular formula is C22H21ClO5. The Morgan fingerprint density at radius 3 is 2.54 bits per heavy atom. The number of Topliss-reactive ketones (excluding diaryl/α,β-unsaturated/α-hetero) is 1. The van der Waals surface area contributed by atoms with Crippen LogP contribution in [0.3, 0.4) is 0 Å². The topological polar surface area (TPSA) is 76.7 Å². The van der Waals surface area contributed by atoms with Gasteiger partial charge < -0.3 is 14.3 Å². The highest BCUT2D eigenvalue weighted by Crippen LogP contribution is 2.32. The van der Waals surface area contributed by atoms with Crippen LogP contribution in [0.25, 0.3) is 11.0 Å². The summed E-state index contributed by atoms with van der Waals surface area (Å²) in [7, 11) is 0. The Morgan fingerprint density at radius 1 is 1.21 bits per heavy atom. The van der Waals surface area contributed by atoms with Crippen LogP contribution in [0.2, 0.25) is 5.02 Å². The van der Waals surface area contributed by atoms with E-state index in [2.05, 4.69) is 0 Å². The van der Waals surface area contributed by atoms with Gasteiger partial charge in [0.05, 0.1) is 11.1 Å². The van der Waals surface area contributed by atoms with Gasteiger partial charge in [-0.25, -0.2) is 4.79 Å². The average Bonchev–Trinajstić information content (AvgIpc) is 2.64. The van der Waals surface area contributed by atoms with E-state index in [0.717, 1.165) is 5.56 Å². The van der Waals surface area contributed by atoms with E-state index in [1.807, 2.05) is 19.1 Å². The van der Waals surface area contributed by atoms with Gasteiger partial charge in [-0.3, -0.25) is 4.79 Å². The molecule has 2 aromatic carbocycles. The van der Waals surface area contributed by atoms with E-state index in [4.69, 9.17) is 20.8 Å². The van der Waals surface area contributed by atoms with Gasteiger partial charge in [-0.2, -0.15) is 0 Å². The SMILES string of the molecule is Cc1ccc(C(=O)COc2cc3oc(=O)c(C[C@@H](C)O)c(C)c3cc2Cl)cc1. The molecule has 0 fully saturated rings. The number of hydrogen-bond acceptors (Lipinski definition) is 5. The molecular weight excluding hydrogens is 380 g/mol. The summed E-state index contributed by atoms with van der Waals surface area (Å²) in [5.74, 6) is 0.0848. The zero-order chi connectivity index (χ0) is 20.4. The number of carbonyl (C=O) groups excluding carboxylic acids is 1. The molecule has 3 aromatic rings. The number of aryl methyl sites for hydroxylation is 2. The molecule has 0 aliphatic heterocycles. The van der Waals surface area contributed by atoms with E-state index in [-0.39, 0.29) is 24.6 Å². The van der Waals surface area contributed by atoms with Gasteiger partial charge >= 0.3 is 5.63 Å². The standard InChI is InChI=1S/C22H21ClO5/c1-12-4-6-15(7-5-12)19(25)11-27-21-10-20-16(9-18(21)23)14(3)17(8-13(2)24)22(26)28-20/h4-7,9-10,13,24H,8,11H2,1-3H3/t13-/m1/s1. The van der Waals surface area contributed by atoms with E-state index >= 15 is 0 Å². The van der Waals surface area contributed by atoms with E-state index in [1.54, 1.807) is 32.0 Å². The van der Waals surface area contributed by atoms with Crippen molar-refractivity contribution in [2.75, 3.05) is 6.61 Å². The van der Waals surface area contributed by atoms with Crippen LogP contribution in [0.5, 0.6) is 5.75 Å². The van der Waals surface area contributed by atoms with Crippen LogP contribution in [-0.4, -0.2) is 23.6 Å². The van der Waals surface area contributed by atoms with Crippen molar-refractivity contribution in [2.24, 2.45) is 0 Å². The van der Waals surface area contributed by atoms with Crippen LogP contribution < -0.4 is 10.4 Å². The smallest absolute Gasteiger partial charge is 0.339 e. The average molecular weight is 401 g/mol. The summed E-state index contributed by atoms with van der Waals surface area (Å²) in [5, 5.41) is 10.6. The highest BCUT2D eigenvalue weighted by atomic mass is 35.5. The molecule has 0 amide bonds. The van der Waals surface area contributed by atoms with Gasteiger partial charge in [0.25, 0.3) is 0 Å². The van der Waals surface area contributed by atoms with Crippen LogP contribution in [0.4, 0.5) is 0 Å². The summed E-state index contributed by atoms with van der Waals surface area (Å²) in [6, 6.07) is 10.4. The minimum atomic E-state index is -0.662. The Morgan fingerprint density at radius 2 is 1.89 bits per heavy atom. The van der Waals surface area contributed by atoms with Crippen LogP contribution in [-0.2, 0) is 6.42 Å². The molecule has 0 spiro atoms. The summed E-state index contributed by atoms with van der Waals surface area (Å²) in [4.78, 5) is 24.6. The highest BCUT2D eigenvalue weighted by Gasteiger charge is 2.16. The van der Waals surface area contributed by atoms with Gasteiger partial charge in [-0.15, -0.1) is 0 Å². The molecule has 6 heteroatoms. The Hall–Kier alpha value is -2.63. The third-order valence-corrected chi connectivity index (χ3v) is 4.87. The fraction of sp³-hybridized carbons (Fsp3) is 0.273. The molecule has 3 rings (SSSR count). The van der Waals surface area contributed by atoms with Gasteiger partial charge in [0, 0.05) is 29.0 Å². The summed E-state index contributed by atoms with van der Waals surface area (Å²) >= 11 is 6.32. The van der Waals surface area contributed by atoms with Gasteiger partial charge in [0.1, 0.15) is 11.3 Å². The number of aliphatic hydroxyl groups is 1. The van der Waals surface area contributed by atoms with E-state index in [9.17, 15) is 14.7 Å². The lowest BCUT2D eigenvalue weighted by molar-refractivity contribution is 0.0921. The van der Waals surface area contributed by atoms with Crippen molar-refractivity contribution in [3.8, 4) is 5.75 Å². The molecule has 1 aromatic heterocycles. The lowest BCUT2D eigenvalue weighted by atomic mass is 10.0. The zero-order valence-electron chi connectivity index (χ0n) is 15.9. The first kappa shape index (κ1) is 20.1. The molecule has 0 saturated carbocycles. The second-order valence-corrected chi connectivity index (χ2v) is 7.31. The maximum Gasteiger partial charge on any atom is 0.339 e. The highest BCUT2D eigenvalue weighted by molar-refractivity contribution is 6.32. The third kappa shape index (κ3) is 4.26. The third-order valence-electron chi connectivity index (χ3n) is 4.57. The van der Waals surface area contributed by atoms with Crippen molar-refractivity contribution in [3.05, 3.63) is 74.1 Å². The van der Waals surface area contributed by atoms with E-state index < -0.39 is 11.7 Å². The predicted molar refractivity (Wildman–Crippen MR) is 109 cm³/mol. The summed E-state index contributed by atoms with van der Waals surface area (Å²) in [6.07, 6.45) is -0.463. The molecule has 0 bridgehead atoms. The number of halogens is 1. The Balaban J connectivity index is 1.88. The molecule has 1 atom stereocenters.